The van der Waals surface area contributed by atoms with Crippen LogP contribution in [0.4, 0.5) is 0 Å². The molecule has 2 rings (SSSR count). The topological polar surface area (TPSA) is 83.1 Å². The van der Waals surface area contributed by atoms with Gasteiger partial charge in [-0.3, -0.25) is 4.90 Å². The van der Waals surface area contributed by atoms with E-state index in [0.717, 1.165) is 0 Å². The Balaban J connectivity index is 2.00. The Hall–Kier alpha value is -1.37. The molecule has 94 valence electrons. The van der Waals surface area contributed by atoms with E-state index in [-0.39, 0.29) is 18.2 Å². The maximum absolute atomic E-state index is 10.7. The number of rotatable bonds is 4. The van der Waals surface area contributed by atoms with E-state index >= 15 is 0 Å². The minimum absolute atomic E-state index is 0.0203. The number of carboxylic acids is 1. The van der Waals surface area contributed by atoms with Gasteiger partial charge in [0.2, 0.25) is 0 Å². The lowest BCUT2D eigenvalue weighted by atomic mass is 10.2. The van der Waals surface area contributed by atoms with Crippen LogP contribution < -0.4 is 0 Å². The number of morpholine rings is 1. The first-order chi connectivity index (χ1) is 8.20. The normalized spacial score (nSPS) is 21.6. The summed E-state index contributed by atoms with van der Waals surface area (Å²) >= 11 is 0. The van der Waals surface area contributed by atoms with Crippen LogP contribution in [0.15, 0.2) is 16.7 Å². The van der Waals surface area contributed by atoms with Crippen molar-refractivity contribution in [2.24, 2.45) is 0 Å². The van der Waals surface area contributed by atoms with Crippen molar-refractivity contribution in [3.05, 3.63) is 23.7 Å². The summed E-state index contributed by atoms with van der Waals surface area (Å²) in [5.74, 6) is -0.413. The Morgan fingerprint density at radius 3 is 3.06 bits per heavy atom. The van der Waals surface area contributed by atoms with Crippen LogP contribution in [-0.4, -0.2) is 53.5 Å². The van der Waals surface area contributed by atoms with Gasteiger partial charge in [0.15, 0.2) is 0 Å². The lowest BCUT2D eigenvalue weighted by molar-refractivity contribution is -0.0336. The summed E-state index contributed by atoms with van der Waals surface area (Å²) in [6.45, 7) is 2.31. The van der Waals surface area contributed by atoms with Crippen LogP contribution >= 0.6 is 0 Å². The van der Waals surface area contributed by atoms with Gasteiger partial charge in [-0.2, -0.15) is 0 Å². The van der Waals surface area contributed by atoms with Crippen molar-refractivity contribution in [3.8, 4) is 0 Å². The second kappa shape index (κ2) is 5.31. The molecule has 1 saturated heterocycles. The highest BCUT2D eigenvalue weighted by Crippen LogP contribution is 2.14. The van der Waals surface area contributed by atoms with Gasteiger partial charge in [-0.25, -0.2) is 4.79 Å². The number of carbonyl (C=O) groups is 1. The number of furan rings is 1. The maximum Gasteiger partial charge on any atom is 0.338 e. The molecule has 6 nitrogen and oxygen atoms in total. The van der Waals surface area contributed by atoms with Crippen molar-refractivity contribution in [2.45, 2.75) is 12.6 Å². The predicted octanol–water partition coefficient (Wildman–Crippen LogP) is 0.171. The molecule has 1 fully saturated rings. The zero-order valence-electron chi connectivity index (χ0n) is 9.33. The summed E-state index contributed by atoms with van der Waals surface area (Å²) in [6.07, 6.45) is 1.23. The largest absolute Gasteiger partial charge is 0.478 e. The molecule has 1 aromatic heterocycles. The molecule has 0 amide bonds. The van der Waals surface area contributed by atoms with Gasteiger partial charge >= 0.3 is 5.97 Å². The first-order valence-corrected chi connectivity index (χ1v) is 5.44. The molecule has 0 saturated carbocycles. The minimum Gasteiger partial charge on any atom is -0.478 e. The zero-order chi connectivity index (χ0) is 12.3. The SMILES string of the molecule is O=C(O)c1coc(CN2CCOCC2CO)c1. The van der Waals surface area contributed by atoms with E-state index in [1.807, 2.05) is 4.90 Å². The van der Waals surface area contributed by atoms with Crippen LogP contribution in [0.5, 0.6) is 0 Å². The molecule has 1 unspecified atom stereocenters. The van der Waals surface area contributed by atoms with Gasteiger partial charge < -0.3 is 19.4 Å². The summed E-state index contributed by atoms with van der Waals surface area (Å²) < 4.78 is 10.4. The third-order valence-corrected chi connectivity index (χ3v) is 2.82. The number of hydrogen-bond acceptors (Lipinski definition) is 5. The van der Waals surface area contributed by atoms with E-state index in [9.17, 15) is 9.90 Å². The second-order valence-electron chi connectivity index (χ2n) is 3.99. The fourth-order valence-corrected chi connectivity index (χ4v) is 1.84. The van der Waals surface area contributed by atoms with E-state index in [1.165, 1.54) is 12.3 Å². The molecule has 17 heavy (non-hydrogen) atoms. The molecule has 0 spiro atoms. The average molecular weight is 241 g/mol. The zero-order valence-corrected chi connectivity index (χ0v) is 9.33. The van der Waals surface area contributed by atoms with Crippen molar-refractivity contribution in [3.63, 3.8) is 0 Å². The summed E-state index contributed by atoms with van der Waals surface area (Å²) in [5, 5.41) is 18.0. The molecule has 0 radical (unpaired) electrons. The van der Waals surface area contributed by atoms with Crippen molar-refractivity contribution < 1.29 is 24.2 Å². The third kappa shape index (κ3) is 2.85. The molecule has 6 heteroatoms. The number of ether oxygens (including phenoxy) is 1. The highest BCUT2D eigenvalue weighted by molar-refractivity contribution is 5.87. The number of carboxylic acid groups (broad SMARTS) is 1. The van der Waals surface area contributed by atoms with E-state index < -0.39 is 5.97 Å². The van der Waals surface area contributed by atoms with E-state index in [1.54, 1.807) is 0 Å². The van der Waals surface area contributed by atoms with Gasteiger partial charge in [0, 0.05) is 6.54 Å². The van der Waals surface area contributed by atoms with Crippen LogP contribution in [0.1, 0.15) is 16.1 Å². The summed E-state index contributed by atoms with van der Waals surface area (Å²) in [7, 11) is 0. The van der Waals surface area contributed by atoms with Crippen LogP contribution in [0.2, 0.25) is 0 Å². The summed E-state index contributed by atoms with van der Waals surface area (Å²) in [6, 6.07) is 1.45. The summed E-state index contributed by atoms with van der Waals surface area (Å²) in [5.41, 5.74) is 0.147. The Labute approximate surface area is 98.4 Å². The molecule has 0 bridgehead atoms. The van der Waals surface area contributed by atoms with Gasteiger partial charge in [-0.1, -0.05) is 0 Å². The molecule has 1 aliphatic rings. The Bertz CT molecular complexity index is 389. The fraction of sp³-hybridized carbons (Fsp3) is 0.545. The van der Waals surface area contributed by atoms with Crippen LogP contribution in [0, 0.1) is 0 Å². The lowest BCUT2D eigenvalue weighted by Crippen LogP contribution is -2.46. The van der Waals surface area contributed by atoms with Gasteiger partial charge in [-0.15, -0.1) is 0 Å². The number of aliphatic hydroxyl groups is 1. The Morgan fingerprint density at radius 1 is 1.59 bits per heavy atom. The maximum atomic E-state index is 10.7. The summed E-state index contributed by atoms with van der Waals surface area (Å²) in [4.78, 5) is 12.7. The molecule has 2 N–H and O–H groups in total. The van der Waals surface area contributed by atoms with Gasteiger partial charge in [0.25, 0.3) is 0 Å². The fourth-order valence-electron chi connectivity index (χ4n) is 1.84. The molecule has 0 aromatic carbocycles. The molecular formula is C11H15NO5. The standard InChI is InChI=1S/C11H15NO5/c13-5-9-7-16-2-1-12(9)4-10-3-8(6-17-10)11(14)15/h3,6,9,13H,1-2,4-5,7H2,(H,14,15). The Morgan fingerprint density at radius 2 is 2.41 bits per heavy atom. The van der Waals surface area contributed by atoms with E-state index in [0.29, 0.717) is 32.1 Å². The van der Waals surface area contributed by atoms with Crippen LogP contribution in [-0.2, 0) is 11.3 Å². The Kier molecular flexibility index (Phi) is 3.78. The van der Waals surface area contributed by atoms with Crippen molar-refractivity contribution in [1.82, 2.24) is 4.90 Å². The molecule has 2 heterocycles. The molecule has 1 atom stereocenters. The number of nitrogens with zero attached hydrogens (tertiary/aromatic N) is 1. The predicted molar refractivity (Wildman–Crippen MR) is 57.8 cm³/mol. The van der Waals surface area contributed by atoms with Crippen molar-refractivity contribution >= 4 is 5.97 Å². The smallest absolute Gasteiger partial charge is 0.338 e. The monoisotopic (exact) mass is 241 g/mol. The number of aromatic carboxylic acids is 1. The molecule has 1 aromatic rings. The minimum atomic E-state index is -0.999. The van der Waals surface area contributed by atoms with Gasteiger partial charge in [-0.05, 0) is 6.07 Å². The third-order valence-electron chi connectivity index (χ3n) is 2.82. The van der Waals surface area contributed by atoms with Crippen LogP contribution in [0.3, 0.4) is 0 Å². The number of aliphatic hydroxyl groups excluding tert-OH is 1. The second-order valence-corrected chi connectivity index (χ2v) is 3.99. The highest BCUT2D eigenvalue weighted by Gasteiger charge is 2.23. The van der Waals surface area contributed by atoms with Crippen molar-refractivity contribution in [2.75, 3.05) is 26.4 Å². The first kappa shape index (κ1) is 12.1. The molecular weight excluding hydrogens is 226 g/mol. The average Bonchev–Trinajstić information content (AvgIpc) is 2.78. The molecule has 0 aliphatic carbocycles. The van der Waals surface area contributed by atoms with E-state index in [2.05, 4.69) is 0 Å². The van der Waals surface area contributed by atoms with Gasteiger partial charge in [0.05, 0.1) is 38.0 Å². The quantitative estimate of drug-likeness (QED) is 0.782. The van der Waals surface area contributed by atoms with Crippen molar-refractivity contribution in [1.29, 1.82) is 0 Å². The molecule has 1 aliphatic heterocycles. The number of hydrogen-bond donors (Lipinski definition) is 2. The highest BCUT2D eigenvalue weighted by atomic mass is 16.5. The first-order valence-electron chi connectivity index (χ1n) is 5.44. The van der Waals surface area contributed by atoms with Gasteiger partial charge in [0.1, 0.15) is 12.0 Å². The van der Waals surface area contributed by atoms with E-state index in [4.69, 9.17) is 14.3 Å². The lowest BCUT2D eigenvalue weighted by Gasteiger charge is -2.33. The van der Waals surface area contributed by atoms with Crippen LogP contribution in [0.25, 0.3) is 0 Å².